The zero-order chi connectivity index (χ0) is 29.5. The van der Waals surface area contributed by atoms with E-state index in [1.807, 2.05) is 0 Å². The van der Waals surface area contributed by atoms with E-state index in [9.17, 15) is 15.3 Å². The Kier molecular flexibility index (Phi) is 4.77. The van der Waals surface area contributed by atoms with Gasteiger partial charge in [-0.3, -0.25) is 4.90 Å². The van der Waals surface area contributed by atoms with Crippen LogP contribution in [0.4, 0.5) is 0 Å². The van der Waals surface area contributed by atoms with Gasteiger partial charge in [-0.05, 0) is 67.7 Å². The maximum absolute atomic E-state index is 11.4. The van der Waals surface area contributed by atoms with E-state index in [1.54, 1.807) is 30.3 Å². The minimum absolute atomic E-state index is 0. The van der Waals surface area contributed by atoms with Gasteiger partial charge in [0.25, 0.3) is 0 Å². The molecule has 1 fully saturated rings. The smallest absolute Gasteiger partial charge is 0.169 e. The number of aromatic hydroxyl groups is 3. The normalized spacial score (nSPS) is 21.2. The number of rotatable bonds is 3. The number of piperidine rings is 1. The molecule has 36 heavy (non-hydrogen) atoms. The van der Waals surface area contributed by atoms with Crippen molar-refractivity contribution in [3.05, 3.63) is 81.0 Å². The Morgan fingerprint density at radius 2 is 1.92 bits per heavy atom. The lowest BCUT2D eigenvalue weighted by Crippen LogP contribution is -2.32. The van der Waals surface area contributed by atoms with Gasteiger partial charge in [-0.2, -0.15) is 0 Å². The molecule has 0 atom stereocenters. The molecule has 2 aliphatic heterocycles. The number of fused-ring (bicyclic) bond motifs is 4. The Hall–Kier alpha value is -3.39. The lowest BCUT2D eigenvalue weighted by Gasteiger charge is -2.32. The van der Waals surface area contributed by atoms with E-state index >= 15 is 0 Å². The first-order valence-corrected chi connectivity index (χ1v) is 11.2. The van der Waals surface area contributed by atoms with Gasteiger partial charge in [0.05, 0.1) is 10.9 Å². The number of phenolic OH excluding ortho intramolecular Hbond substituents is 3. The summed E-state index contributed by atoms with van der Waals surface area (Å²) in [7, 11) is 0. The summed E-state index contributed by atoms with van der Waals surface area (Å²) in [5.74, 6) is -2.07. The van der Waals surface area contributed by atoms with Crippen molar-refractivity contribution in [2.75, 3.05) is 13.0 Å². The zero-order valence-electron chi connectivity index (χ0n) is 24.5. The van der Waals surface area contributed by atoms with E-state index in [4.69, 9.17) is 29.1 Å². The number of nitrogens with zero attached hydrogens (tertiary/aromatic N) is 2. The fraction of sp³-hybridized carbons (Fsp3) is 0.222. The molecule has 0 amide bonds. The van der Waals surface area contributed by atoms with Crippen molar-refractivity contribution in [2.24, 2.45) is 5.16 Å². The van der Waals surface area contributed by atoms with Crippen LogP contribution in [0.15, 0.2) is 58.1 Å². The van der Waals surface area contributed by atoms with Crippen LogP contribution in [-0.4, -0.2) is 33.2 Å². The maximum atomic E-state index is 11.4. The molecule has 186 valence electrons. The Morgan fingerprint density at radius 1 is 1.11 bits per heavy atom. The van der Waals surface area contributed by atoms with Crippen LogP contribution in [0.1, 0.15) is 43.7 Å². The first-order chi connectivity index (χ1) is 19.2. The van der Waals surface area contributed by atoms with Gasteiger partial charge in [0.2, 0.25) is 0 Å². The molecule has 0 aliphatic carbocycles. The van der Waals surface area contributed by atoms with Crippen molar-refractivity contribution in [2.45, 2.75) is 25.3 Å². The molecular formula is C27H24Cl2N2O5. The molecule has 0 radical (unpaired) electrons. The van der Waals surface area contributed by atoms with Gasteiger partial charge in [0.1, 0.15) is 22.8 Å². The monoisotopic (exact) mass is 532 g/mol. The lowest BCUT2D eigenvalue weighted by atomic mass is 9.89. The van der Waals surface area contributed by atoms with Crippen LogP contribution in [0.5, 0.6) is 23.0 Å². The third kappa shape index (κ3) is 4.34. The van der Waals surface area contributed by atoms with Crippen LogP contribution in [0.3, 0.4) is 0 Å². The summed E-state index contributed by atoms with van der Waals surface area (Å²) in [6, 6.07) is 12.0. The van der Waals surface area contributed by atoms with Gasteiger partial charge < -0.3 is 24.6 Å². The van der Waals surface area contributed by atoms with E-state index < -0.39 is 42.5 Å². The van der Waals surface area contributed by atoms with Crippen LogP contribution in [-0.2, 0) is 6.50 Å². The zero-order valence-corrected chi connectivity index (χ0v) is 20.1. The predicted octanol–water partition coefficient (Wildman–Crippen LogP) is 4.76. The van der Waals surface area contributed by atoms with Crippen LogP contribution in [0, 0.1) is 0 Å². The summed E-state index contributed by atoms with van der Waals surface area (Å²) in [6.45, 7) is -8.18. The summed E-state index contributed by atoms with van der Waals surface area (Å²) in [4.78, 5) is 5.85. The largest absolute Gasteiger partial charge is 0.508 e. The van der Waals surface area contributed by atoms with E-state index in [2.05, 4.69) is 5.16 Å². The van der Waals surface area contributed by atoms with Crippen molar-refractivity contribution >= 4 is 41.1 Å². The summed E-state index contributed by atoms with van der Waals surface area (Å²) < 4.78 is 58.7. The summed E-state index contributed by atoms with van der Waals surface area (Å²) in [5.41, 5.74) is 0.418. The van der Waals surface area contributed by atoms with Gasteiger partial charge in [-0.25, -0.2) is 0 Å². The van der Waals surface area contributed by atoms with E-state index in [-0.39, 0.29) is 58.5 Å². The molecular weight excluding hydrogens is 503 g/mol. The number of likely N-dealkylation sites (tertiary alicyclic amines) is 1. The van der Waals surface area contributed by atoms with Crippen molar-refractivity contribution < 1.29 is 32.8 Å². The number of furan rings is 1. The Labute approximate surface area is 226 Å². The predicted molar refractivity (Wildman–Crippen MR) is 139 cm³/mol. The summed E-state index contributed by atoms with van der Waals surface area (Å²) in [5, 5.41) is 36.4. The average molecular weight is 533 g/mol. The van der Waals surface area contributed by atoms with Gasteiger partial charge in [-0.15, -0.1) is 12.4 Å². The third-order valence-corrected chi connectivity index (χ3v) is 6.22. The second-order valence-corrected chi connectivity index (χ2v) is 8.72. The number of hydrogen-bond acceptors (Lipinski definition) is 7. The highest BCUT2D eigenvalue weighted by Gasteiger charge is 2.25. The molecule has 3 N–H and O–H groups in total. The third-order valence-electron chi connectivity index (χ3n) is 5.99. The second-order valence-electron chi connectivity index (χ2n) is 8.28. The molecule has 0 spiro atoms. The van der Waals surface area contributed by atoms with Gasteiger partial charge in [0, 0.05) is 37.4 Å². The Balaban J connectivity index is 0.00000353. The first kappa shape index (κ1) is 17.9. The highest BCUT2D eigenvalue weighted by atomic mass is 35.5. The second kappa shape index (κ2) is 9.58. The number of benzene rings is 3. The number of phenols is 3. The molecule has 6 rings (SSSR count). The average Bonchev–Trinajstić information content (AvgIpc) is 3.09. The van der Waals surface area contributed by atoms with E-state index in [1.165, 1.54) is 18.2 Å². The van der Waals surface area contributed by atoms with Gasteiger partial charge in [0.15, 0.2) is 16.5 Å². The van der Waals surface area contributed by atoms with Crippen LogP contribution < -0.4 is 15.6 Å². The van der Waals surface area contributed by atoms with Crippen LogP contribution in [0.2, 0.25) is 5.02 Å². The maximum Gasteiger partial charge on any atom is 0.169 e. The number of hydrogen-bond donors (Lipinski definition) is 3. The molecule has 3 heterocycles. The summed E-state index contributed by atoms with van der Waals surface area (Å²) >= 11 is 6.10. The Bertz CT molecular complexity index is 1830. The Morgan fingerprint density at radius 3 is 2.69 bits per heavy atom. The molecule has 9 heteroatoms. The molecule has 7 nitrogen and oxygen atoms in total. The molecule has 3 aromatic carbocycles. The summed E-state index contributed by atoms with van der Waals surface area (Å²) in [6.07, 6.45) is 0.976. The standard InChI is InChI=1S/C27H23ClN2O5.ClH/c28-18-3-1-2-16(10-18)15-6-8-30(9-7-15)14-20-21(32)13-23-25(27(20)33)26-24(34-23)11-17-4-5-19(31)12-22(17)35-29-26;/h1-5,10-13,15,31-33H,6-9,14H2;1H/i8D2,9D2,14D2;. The molecule has 2 aliphatic rings. The van der Waals surface area contributed by atoms with Crippen LogP contribution in [0.25, 0.3) is 17.0 Å². The van der Waals surface area contributed by atoms with E-state index in [0.29, 0.717) is 21.0 Å². The molecule has 4 aromatic rings. The minimum atomic E-state index is -3.05. The van der Waals surface area contributed by atoms with Gasteiger partial charge in [-0.1, -0.05) is 28.9 Å². The van der Waals surface area contributed by atoms with E-state index in [0.717, 1.165) is 6.07 Å². The van der Waals surface area contributed by atoms with Crippen molar-refractivity contribution in [1.82, 2.24) is 4.90 Å². The highest BCUT2D eigenvalue weighted by molar-refractivity contribution is 6.30. The fourth-order valence-corrected chi connectivity index (χ4v) is 4.40. The molecule has 0 saturated carbocycles. The van der Waals surface area contributed by atoms with Crippen molar-refractivity contribution in [1.29, 1.82) is 0 Å². The minimum Gasteiger partial charge on any atom is -0.508 e. The molecule has 0 unspecified atom stereocenters. The fourth-order valence-electron chi connectivity index (χ4n) is 4.21. The first-order valence-electron chi connectivity index (χ1n) is 13.8. The SMILES string of the molecule is Cl.[2H]C1([2H])CC(c2cccc(Cl)c2)CC([2H])([2H])N1C([2H])([2H])c1c(O)cc2oc3c(c2c1O)=NOc1cc(O)ccc1C=3. The number of halogens is 2. The molecule has 1 saturated heterocycles. The van der Waals surface area contributed by atoms with Gasteiger partial charge >= 0.3 is 0 Å². The molecule has 0 bridgehead atoms. The van der Waals surface area contributed by atoms with Crippen molar-refractivity contribution in [3.63, 3.8) is 0 Å². The van der Waals surface area contributed by atoms with Crippen molar-refractivity contribution in [3.8, 4) is 23.0 Å². The highest BCUT2D eigenvalue weighted by Crippen LogP contribution is 2.37. The topological polar surface area (TPSA) is 98.7 Å². The molecule has 1 aromatic heterocycles. The quantitative estimate of drug-likeness (QED) is 0.351. The van der Waals surface area contributed by atoms with Crippen LogP contribution >= 0.6 is 24.0 Å². The lowest BCUT2D eigenvalue weighted by molar-refractivity contribution is 0.200.